The first kappa shape index (κ1) is 20.3. The van der Waals surface area contributed by atoms with Gasteiger partial charge in [-0.1, -0.05) is 12.1 Å². The number of pyridine rings is 1. The highest BCUT2D eigenvalue weighted by atomic mass is 16.5. The van der Waals surface area contributed by atoms with E-state index in [9.17, 15) is 4.79 Å². The monoisotopic (exact) mass is 391 g/mol. The van der Waals surface area contributed by atoms with Crippen LogP contribution in [-0.2, 0) is 12.8 Å². The lowest BCUT2D eigenvalue weighted by Crippen LogP contribution is -2.27. The Morgan fingerprint density at radius 1 is 1.07 bits per heavy atom. The lowest BCUT2D eigenvalue weighted by Gasteiger charge is -2.18. The van der Waals surface area contributed by atoms with Gasteiger partial charge in [-0.2, -0.15) is 0 Å². The van der Waals surface area contributed by atoms with Crippen LogP contribution < -0.4 is 15.0 Å². The van der Waals surface area contributed by atoms with E-state index >= 15 is 0 Å². The van der Waals surface area contributed by atoms with Crippen molar-refractivity contribution in [2.24, 2.45) is 0 Å². The summed E-state index contributed by atoms with van der Waals surface area (Å²) in [7, 11) is 3.59. The summed E-state index contributed by atoms with van der Waals surface area (Å²) in [5.41, 5.74) is 2.66. The standard InChI is InChI=1S/C22H25N5O2/c1-27(13-9-17-6-10-23-11-7-17)21-15-20(25-16-26-21)22(28)24-12-8-18-4-3-5-19(14-18)29-2/h3-7,10-11,14-16H,8-9,12-13H2,1-2H3,(H,24,28). The zero-order valence-corrected chi connectivity index (χ0v) is 16.7. The first-order valence-corrected chi connectivity index (χ1v) is 9.49. The minimum atomic E-state index is -0.209. The molecule has 0 saturated heterocycles. The first-order chi connectivity index (χ1) is 14.2. The van der Waals surface area contributed by atoms with Gasteiger partial charge in [-0.05, 0) is 48.2 Å². The first-order valence-electron chi connectivity index (χ1n) is 9.49. The molecule has 0 aliphatic heterocycles. The molecule has 7 nitrogen and oxygen atoms in total. The second-order valence-electron chi connectivity index (χ2n) is 6.65. The molecule has 3 rings (SSSR count). The van der Waals surface area contributed by atoms with E-state index < -0.39 is 0 Å². The predicted molar refractivity (Wildman–Crippen MR) is 112 cm³/mol. The number of carbonyl (C=O) groups is 1. The van der Waals surface area contributed by atoms with Crippen molar-refractivity contribution in [3.8, 4) is 5.75 Å². The summed E-state index contributed by atoms with van der Waals surface area (Å²) in [6, 6.07) is 13.5. The van der Waals surface area contributed by atoms with Crippen LogP contribution in [0.5, 0.6) is 5.75 Å². The van der Waals surface area contributed by atoms with E-state index in [4.69, 9.17) is 4.74 Å². The van der Waals surface area contributed by atoms with Crippen LogP contribution in [0, 0.1) is 0 Å². The fraction of sp³-hybridized carbons (Fsp3) is 0.273. The molecule has 0 unspecified atom stereocenters. The SMILES string of the molecule is COc1cccc(CCNC(=O)c2cc(N(C)CCc3ccncc3)ncn2)c1. The van der Waals surface area contributed by atoms with Gasteiger partial charge < -0.3 is 15.0 Å². The van der Waals surface area contributed by atoms with Crippen molar-refractivity contribution in [2.75, 3.05) is 32.1 Å². The number of hydrogen-bond acceptors (Lipinski definition) is 6. The molecule has 1 amide bonds. The number of methoxy groups -OCH3 is 1. The van der Waals surface area contributed by atoms with Crippen LogP contribution >= 0.6 is 0 Å². The van der Waals surface area contributed by atoms with E-state index in [0.29, 0.717) is 24.5 Å². The molecular formula is C22H25N5O2. The molecular weight excluding hydrogens is 366 g/mol. The second-order valence-corrected chi connectivity index (χ2v) is 6.65. The average Bonchev–Trinajstić information content (AvgIpc) is 2.78. The minimum Gasteiger partial charge on any atom is -0.497 e. The predicted octanol–water partition coefficient (Wildman–Crippen LogP) is 2.53. The van der Waals surface area contributed by atoms with E-state index in [1.165, 1.54) is 11.9 Å². The highest BCUT2D eigenvalue weighted by Crippen LogP contribution is 2.13. The Balaban J connectivity index is 1.53. The fourth-order valence-electron chi connectivity index (χ4n) is 2.88. The molecule has 1 N–H and O–H groups in total. The Morgan fingerprint density at radius 3 is 2.69 bits per heavy atom. The zero-order chi connectivity index (χ0) is 20.5. The number of nitrogens with zero attached hydrogens (tertiary/aromatic N) is 4. The van der Waals surface area contributed by atoms with Gasteiger partial charge in [-0.15, -0.1) is 0 Å². The van der Waals surface area contributed by atoms with Gasteiger partial charge in [0.1, 0.15) is 23.6 Å². The van der Waals surface area contributed by atoms with Crippen molar-refractivity contribution in [1.82, 2.24) is 20.3 Å². The van der Waals surface area contributed by atoms with Gasteiger partial charge in [0, 0.05) is 38.6 Å². The number of aromatic nitrogens is 3. The number of anilines is 1. The van der Waals surface area contributed by atoms with Gasteiger partial charge >= 0.3 is 0 Å². The third kappa shape index (κ3) is 6.00. The van der Waals surface area contributed by atoms with Crippen molar-refractivity contribution in [3.63, 3.8) is 0 Å². The molecule has 7 heteroatoms. The Labute approximate surface area is 170 Å². The molecule has 0 saturated carbocycles. The Kier molecular flexibility index (Phi) is 7.10. The van der Waals surface area contributed by atoms with Crippen molar-refractivity contribution < 1.29 is 9.53 Å². The Bertz CT molecular complexity index is 933. The number of amides is 1. The number of rotatable bonds is 9. The number of ether oxygens (including phenoxy) is 1. The molecule has 150 valence electrons. The quantitative estimate of drug-likeness (QED) is 0.604. The molecule has 0 fully saturated rings. The number of hydrogen-bond donors (Lipinski definition) is 1. The molecule has 0 aliphatic carbocycles. The molecule has 0 aliphatic rings. The third-order valence-electron chi connectivity index (χ3n) is 4.60. The molecule has 1 aromatic carbocycles. The average molecular weight is 391 g/mol. The van der Waals surface area contributed by atoms with Crippen LogP contribution in [0.1, 0.15) is 21.6 Å². The van der Waals surface area contributed by atoms with Gasteiger partial charge in [0.05, 0.1) is 7.11 Å². The highest BCUT2D eigenvalue weighted by Gasteiger charge is 2.11. The molecule has 0 radical (unpaired) electrons. The minimum absolute atomic E-state index is 0.209. The van der Waals surface area contributed by atoms with Gasteiger partial charge in [0.15, 0.2) is 0 Å². The van der Waals surface area contributed by atoms with Crippen molar-refractivity contribution in [3.05, 3.63) is 78.0 Å². The summed E-state index contributed by atoms with van der Waals surface area (Å²) in [5, 5.41) is 2.91. The molecule has 3 aromatic rings. The summed E-state index contributed by atoms with van der Waals surface area (Å²) < 4.78 is 5.22. The summed E-state index contributed by atoms with van der Waals surface area (Å²) in [6.45, 7) is 1.29. The number of benzene rings is 1. The fourth-order valence-corrected chi connectivity index (χ4v) is 2.88. The van der Waals surface area contributed by atoms with E-state index in [1.54, 1.807) is 25.6 Å². The summed E-state index contributed by atoms with van der Waals surface area (Å²) in [4.78, 5) is 26.9. The summed E-state index contributed by atoms with van der Waals surface area (Å²) in [6.07, 6.45) is 6.58. The van der Waals surface area contributed by atoms with E-state index in [-0.39, 0.29) is 5.91 Å². The lowest BCUT2D eigenvalue weighted by molar-refractivity contribution is 0.0949. The molecule has 2 aromatic heterocycles. The molecule has 29 heavy (non-hydrogen) atoms. The topological polar surface area (TPSA) is 80.2 Å². The second kappa shape index (κ2) is 10.2. The Morgan fingerprint density at radius 2 is 1.90 bits per heavy atom. The van der Waals surface area contributed by atoms with Gasteiger partial charge in [0.2, 0.25) is 0 Å². The van der Waals surface area contributed by atoms with Crippen LogP contribution in [0.4, 0.5) is 5.82 Å². The highest BCUT2D eigenvalue weighted by molar-refractivity contribution is 5.92. The van der Waals surface area contributed by atoms with E-state index in [0.717, 1.165) is 24.3 Å². The zero-order valence-electron chi connectivity index (χ0n) is 16.7. The maximum Gasteiger partial charge on any atom is 0.270 e. The van der Waals surface area contributed by atoms with Gasteiger partial charge in [-0.3, -0.25) is 9.78 Å². The van der Waals surface area contributed by atoms with Crippen molar-refractivity contribution >= 4 is 11.7 Å². The van der Waals surface area contributed by atoms with Crippen LogP contribution in [0.15, 0.2) is 61.2 Å². The maximum absolute atomic E-state index is 12.5. The van der Waals surface area contributed by atoms with Gasteiger partial charge in [0.25, 0.3) is 5.91 Å². The van der Waals surface area contributed by atoms with E-state index in [1.807, 2.05) is 48.3 Å². The van der Waals surface area contributed by atoms with Crippen LogP contribution in [-0.4, -0.2) is 48.1 Å². The smallest absolute Gasteiger partial charge is 0.270 e. The van der Waals surface area contributed by atoms with Gasteiger partial charge in [-0.25, -0.2) is 9.97 Å². The van der Waals surface area contributed by atoms with Crippen molar-refractivity contribution in [1.29, 1.82) is 0 Å². The summed E-state index contributed by atoms with van der Waals surface area (Å²) >= 11 is 0. The van der Waals surface area contributed by atoms with Crippen molar-refractivity contribution in [2.45, 2.75) is 12.8 Å². The summed E-state index contributed by atoms with van der Waals surface area (Å²) in [5.74, 6) is 1.31. The molecule has 2 heterocycles. The number of carbonyl (C=O) groups excluding carboxylic acids is 1. The van der Waals surface area contributed by atoms with Crippen LogP contribution in [0.2, 0.25) is 0 Å². The molecule has 0 atom stereocenters. The van der Waals surface area contributed by atoms with Crippen LogP contribution in [0.25, 0.3) is 0 Å². The largest absolute Gasteiger partial charge is 0.497 e. The number of nitrogens with one attached hydrogen (secondary N) is 1. The number of likely N-dealkylation sites (N-methyl/N-ethyl adjacent to an activating group) is 1. The third-order valence-corrected chi connectivity index (χ3v) is 4.60. The maximum atomic E-state index is 12.5. The van der Waals surface area contributed by atoms with Crippen LogP contribution in [0.3, 0.4) is 0 Å². The normalized spacial score (nSPS) is 10.4. The molecule has 0 spiro atoms. The lowest BCUT2D eigenvalue weighted by atomic mass is 10.1. The Hall–Kier alpha value is -3.48. The molecule has 0 bridgehead atoms. The van der Waals surface area contributed by atoms with E-state index in [2.05, 4.69) is 20.3 Å².